The van der Waals surface area contributed by atoms with Crippen LogP contribution < -0.4 is 0 Å². The molecule has 0 N–H and O–H groups in total. The second kappa shape index (κ2) is 8.32. The number of hydrogen-bond donors (Lipinski definition) is 0. The van der Waals surface area contributed by atoms with Crippen molar-refractivity contribution in [3.63, 3.8) is 0 Å². The first-order valence-electron chi connectivity index (χ1n) is 5.40. The predicted octanol–water partition coefficient (Wildman–Crippen LogP) is 4.02. The molecule has 100 valence electrons. The third kappa shape index (κ3) is 6.81. The van der Waals surface area contributed by atoms with Gasteiger partial charge in [0.2, 0.25) is 0 Å². The van der Waals surface area contributed by atoms with Crippen LogP contribution in [-0.4, -0.2) is 24.8 Å². The first-order valence-corrected chi connectivity index (χ1v) is 6.76. The summed E-state index contributed by atoms with van der Waals surface area (Å²) in [5.74, 6) is 0.151. The van der Waals surface area contributed by atoms with E-state index in [4.69, 9.17) is 11.6 Å². The third-order valence-electron chi connectivity index (χ3n) is 1.98. The second-order valence-corrected chi connectivity index (χ2v) is 5.08. The Bertz CT molecular complexity index is 371. The Labute approximate surface area is 114 Å². The third-order valence-corrected chi connectivity index (χ3v) is 3.33. The first-order chi connectivity index (χ1) is 8.58. The summed E-state index contributed by atoms with van der Waals surface area (Å²) in [6.07, 6.45) is -1.85. The van der Waals surface area contributed by atoms with Gasteiger partial charge in [0.15, 0.2) is 6.61 Å². The van der Waals surface area contributed by atoms with Crippen molar-refractivity contribution in [2.24, 2.45) is 0 Å². The van der Waals surface area contributed by atoms with Crippen LogP contribution in [0.25, 0.3) is 0 Å². The van der Waals surface area contributed by atoms with Crippen LogP contribution in [0.4, 0.5) is 8.78 Å². The minimum absolute atomic E-state index is 0.160. The van der Waals surface area contributed by atoms with Crippen LogP contribution in [0, 0.1) is 0 Å². The van der Waals surface area contributed by atoms with Gasteiger partial charge in [-0.2, -0.15) is 0 Å². The Morgan fingerprint density at radius 1 is 1.33 bits per heavy atom. The number of halogens is 3. The van der Waals surface area contributed by atoms with Gasteiger partial charge >= 0.3 is 5.97 Å². The van der Waals surface area contributed by atoms with Gasteiger partial charge in [0.05, 0.1) is 0 Å². The molecule has 2 nitrogen and oxygen atoms in total. The van der Waals surface area contributed by atoms with Crippen LogP contribution in [0.2, 0.25) is 5.02 Å². The quantitative estimate of drug-likeness (QED) is 0.432. The van der Waals surface area contributed by atoms with E-state index in [1.54, 1.807) is 23.9 Å². The van der Waals surface area contributed by atoms with Gasteiger partial charge < -0.3 is 4.74 Å². The van der Waals surface area contributed by atoms with Crippen molar-refractivity contribution in [3.05, 3.63) is 29.3 Å². The SMILES string of the molecule is O=C(CCCSc1ccc(Cl)cc1)OCC(F)F. The molecule has 0 saturated carbocycles. The van der Waals surface area contributed by atoms with Gasteiger partial charge in [0.25, 0.3) is 6.43 Å². The van der Waals surface area contributed by atoms with Crippen molar-refractivity contribution in [1.29, 1.82) is 0 Å². The van der Waals surface area contributed by atoms with Crippen LogP contribution in [0.3, 0.4) is 0 Å². The van der Waals surface area contributed by atoms with E-state index in [0.29, 0.717) is 11.4 Å². The van der Waals surface area contributed by atoms with Crippen molar-refractivity contribution < 1.29 is 18.3 Å². The van der Waals surface area contributed by atoms with Gasteiger partial charge in [-0.15, -0.1) is 11.8 Å². The number of carbonyl (C=O) groups is 1. The molecule has 0 bridgehead atoms. The Kier molecular flexibility index (Phi) is 7.05. The smallest absolute Gasteiger partial charge is 0.306 e. The van der Waals surface area contributed by atoms with Gasteiger partial charge in [-0.05, 0) is 36.4 Å². The molecule has 0 radical (unpaired) electrons. The lowest BCUT2D eigenvalue weighted by Gasteiger charge is -2.04. The molecule has 1 rings (SSSR count). The van der Waals surface area contributed by atoms with Gasteiger partial charge in [0.1, 0.15) is 0 Å². The molecular formula is C12H13ClF2O2S. The number of alkyl halides is 2. The highest BCUT2D eigenvalue weighted by molar-refractivity contribution is 7.99. The van der Waals surface area contributed by atoms with Crippen LogP contribution >= 0.6 is 23.4 Å². The fraction of sp³-hybridized carbons (Fsp3) is 0.417. The summed E-state index contributed by atoms with van der Waals surface area (Å²) in [6.45, 7) is -0.816. The number of thioether (sulfide) groups is 1. The van der Waals surface area contributed by atoms with Crippen LogP contribution in [0.1, 0.15) is 12.8 Å². The predicted molar refractivity (Wildman–Crippen MR) is 68.4 cm³/mol. The summed E-state index contributed by atoms with van der Waals surface area (Å²) in [5, 5.41) is 0.676. The largest absolute Gasteiger partial charge is 0.460 e. The summed E-state index contributed by atoms with van der Waals surface area (Å²) < 4.78 is 27.8. The molecule has 0 heterocycles. The molecular weight excluding hydrogens is 282 g/mol. The molecule has 1 aromatic rings. The van der Waals surface area contributed by atoms with Crippen molar-refractivity contribution in [2.75, 3.05) is 12.4 Å². The van der Waals surface area contributed by atoms with Gasteiger partial charge in [-0.25, -0.2) is 8.78 Å². The maximum absolute atomic E-state index is 11.7. The minimum Gasteiger partial charge on any atom is -0.460 e. The maximum atomic E-state index is 11.7. The molecule has 0 aromatic heterocycles. The van der Waals surface area contributed by atoms with Crippen molar-refractivity contribution in [2.45, 2.75) is 24.2 Å². The van der Waals surface area contributed by atoms with Gasteiger partial charge in [-0.1, -0.05) is 11.6 Å². The van der Waals surface area contributed by atoms with Gasteiger partial charge in [-0.3, -0.25) is 4.79 Å². The summed E-state index contributed by atoms with van der Waals surface area (Å²) in [6, 6.07) is 7.37. The molecule has 0 fully saturated rings. The molecule has 0 aliphatic rings. The molecule has 0 aliphatic carbocycles. The Morgan fingerprint density at radius 3 is 2.61 bits per heavy atom. The number of rotatable bonds is 7. The molecule has 0 aliphatic heterocycles. The number of ether oxygens (including phenoxy) is 1. The average molecular weight is 295 g/mol. The summed E-state index contributed by atoms with van der Waals surface area (Å²) in [4.78, 5) is 12.1. The Balaban J connectivity index is 2.11. The highest BCUT2D eigenvalue weighted by atomic mass is 35.5. The zero-order valence-electron chi connectivity index (χ0n) is 9.57. The van der Waals surface area contributed by atoms with E-state index in [1.807, 2.05) is 12.1 Å². The zero-order valence-corrected chi connectivity index (χ0v) is 11.1. The lowest BCUT2D eigenvalue weighted by Crippen LogP contribution is -2.11. The van der Waals surface area contributed by atoms with Crippen molar-refractivity contribution in [1.82, 2.24) is 0 Å². The van der Waals surface area contributed by atoms with E-state index >= 15 is 0 Å². The monoisotopic (exact) mass is 294 g/mol. The van der Waals surface area contributed by atoms with E-state index in [-0.39, 0.29) is 6.42 Å². The molecule has 0 saturated heterocycles. The summed E-state index contributed by atoms with van der Waals surface area (Å²) in [5.41, 5.74) is 0. The highest BCUT2D eigenvalue weighted by Gasteiger charge is 2.08. The average Bonchev–Trinajstić information content (AvgIpc) is 2.34. The molecule has 0 spiro atoms. The maximum Gasteiger partial charge on any atom is 0.306 e. The number of carbonyl (C=O) groups excluding carboxylic acids is 1. The fourth-order valence-corrected chi connectivity index (χ4v) is 2.14. The standard InChI is InChI=1S/C12H13ClF2O2S/c13-9-3-5-10(6-4-9)18-7-1-2-12(16)17-8-11(14)15/h3-6,11H,1-2,7-8H2. The number of esters is 1. The zero-order chi connectivity index (χ0) is 13.4. The summed E-state index contributed by atoms with van der Waals surface area (Å²) in [7, 11) is 0. The van der Waals surface area contributed by atoms with E-state index in [0.717, 1.165) is 10.6 Å². The fourth-order valence-electron chi connectivity index (χ4n) is 1.17. The topological polar surface area (TPSA) is 26.3 Å². The van der Waals surface area contributed by atoms with Crippen LogP contribution in [-0.2, 0) is 9.53 Å². The Hall–Kier alpha value is -0.810. The molecule has 6 heteroatoms. The number of benzene rings is 1. The highest BCUT2D eigenvalue weighted by Crippen LogP contribution is 2.21. The van der Waals surface area contributed by atoms with E-state index in [1.165, 1.54) is 0 Å². The minimum atomic E-state index is -2.60. The molecule has 0 unspecified atom stereocenters. The Morgan fingerprint density at radius 2 is 2.00 bits per heavy atom. The van der Waals surface area contributed by atoms with Crippen molar-refractivity contribution in [3.8, 4) is 0 Å². The van der Waals surface area contributed by atoms with Crippen LogP contribution in [0.5, 0.6) is 0 Å². The second-order valence-electron chi connectivity index (χ2n) is 3.48. The lowest BCUT2D eigenvalue weighted by atomic mass is 10.3. The molecule has 0 amide bonds. The summed E-state index contributed by atoms with van der Waals surface area (Å²) >= 11 is 7.32. The molecule has 1 aromatic carbocycles. The van der Waals surface area contributed by atoms with E-state index in [9.17, 15) is 13.6 Å². The lowest BCUT2D eigenvalue weighted by molar-refractivity contribution is -0.147. The molecule has 0 atom stereocenters. The van der Waals surface area contributed by atoms with Gasteiger partial charge in [0, 0.05) is 16.3 Å². The number of hydrogen-bond acceptors (Lipinski definition) is 3. The molecule has 18 heavy (non-hydrogen) atoms. The van der Waals surface area contributed by atoms with E-state index in [2.05, 4.69) is 4.74 Å². The normalized spacial score (nSPS) is 10.7. The van der Waals surface area contributed by atoms with Crippen LogP contribution in [0.15, 0.2) is 29.2 Å². The van der Waals surface area contributed by atoms with Crippen molar-refractivity contribution >= 4 is 29.3 Å². The van der Waals surface area contributed by atoms with E-state index < -0.39 is 19.0 Å². The first kappa shape index (κ1) is 15.2.